The highest BCUT2D eigenvalue weighted by Crippen LogP contribution is 2.44. The van der Waals surface area contributed by atoms with Gasteiger partial charge in [0, 0.05) is 18.9 Å². The van der Waals surface area contributed by atoms with Crippen LogP contribution >= 0.6 is 0 Å². The van der Waals surface area contributed by atoms with Crippen LogP contribution in [0.2, 0.25) is 0 Å². The zero-order chi connectivity index (χ0) is 20.6. The van der Waals surface area contributed by atoms with E-state index in [1.165, 1.54) is 4.90 Å². The van der Waals surface area contributed by atoms with Gasteiger partial charge >= 0.3 is 12.1 Å². The molecule has 152 valence electrons. The summed E-state index contributed by atoms with van der Waals surface area (Å²) >= 11 is 0. The van der Waals surface area contributed by atoms with Crippen LogP contribution in [0.15, 0.2) is 48.5 Å². The van der Waals surface area contributed by atoms with Crippen LogP contribution in [0.25, 0.3) is 11.1 Å². The molecule has 6 heteroatoms. The van der Waals surface area contributed by atoms with Crippen molar-refractivity contribution in [1.29, 1.82) is 0 Å². The van der Waals surface area contributed by atoms with Crippen molar-refractivity contribution in [3.63, 3.8) is 0 Å². The van der Waals surface area contributed by atoms with Gasteiger partial charge in [-0.25, -0.2) is 9.59 Å². The molecule has 0 bridgehead atoms. The maximum Gasteiger partial charge on any atom is 0.410 e. The highest BCUT2D eigenvalue weighted by Gasteiger charge is 2.55. The number of hydrogen-bond donors (Lipinski definition) is 1. The topological polar surface area (TPSA) is 76.1 Å². The number of hydrogen-bond acceptors (Lipinski definition) is 4. The molecule has 0 aromatic heterocycles. The first kappa shape index (κ1) is 19.5. The Bertz CT molecular complexity index is 897. The molecule has 29 heavy (non-hydrogen) atoms. The summed E-state index contributed by atoms with van der Waals surface area (Å²) in [6.07, 6.45) is -0.962. The standard InChI is InChI=1S/C23H25NO5/c1-3-24(23(21(25)26)12-13-28-15(23)2)22(27)29-14-20-18-10-6-4-8-16(18)17-9-5-7-11-19(17)20/h4-11,15,20H,3,12-14H2,1-2H3,(H,25,26). The zero-order valence-corrected chi connectivity index (χ0v) is 16.6. The summed E-state index contributed by atoms with van der Waals surface area (Å²) in [6, 6.07) is 16.2. The first-order chi connectivity index (χ1) is 14.0. The number of carboxylic acids is 1. The van der Waals surface area contributed by atoms with E-state index in [1.807, 2.05) is 24.3 Å². The van der Waals surface area contributed by atoms with Crippen molar-refractivity contribution in [2.24, 2.45) is 0 Å². The molecular formula is C23H25NO5. The molecule has 1 N–H and O–H groups in total. The normalized spacial score (nSPS) is 22.8. The van der Waals surface area contributed by atoms with Gasteiger partial charge in [-0.1, -0.05) is 48.5 Å². The fraction of sp³-hybridized carbons (Fsp3) is 0.391. The van der Waals surface area contributed by atoms with Gasteiger partial charge in [-0.3, -0.25) is 4.90 Å². The second kappa shape index (κ2) is 7.52. The van der Waals surface area contributed by atoms with E-state index < -0.39 is 23.7 Å². The Morgan fingerprint density at radius 2 is 1.72 bits per heavy atom. The van der Waals surface area contributed by atoms with Crippen LogP contribution < -0.4 is 0 Å². The molecule has 4 rings (SSSR count). The van der Waals surface area contributed by atoms with Crippen molar-refractivity contribution in [3.05, 3.63) is 59.7 Å². The molecule has 6 nitrogen and oxygen atoms in total. The molecule has 1 aliphatic carbocycles. The lowest BCUT2D eigenvalue weighted by atomic mass is 9.90. The Balaban J connectivity index is 1.57. The lowest BCUT2D eigenvalue weighted by Crippen LogP contribution is -2.61. The van der Waals surface area contributed by atoms with E-state index in [0.717, 1.165) is 22.3 Å². The van der Waals surface area contributed by atoms with Gasteiger partial charge in [-0.05, 0) is 36.1 Å². The highest BCUT2D eigenvalue weighted by atomic mass is 16.6. The molecule has 1 aliphatic heterocycles. The van der Waals surface area contributed by atoms with E-state index in [4.69, 9.17) is 9.47 Å². The molecule has 2 unspecified atom stereocenters. The molecule has 2 aromatic carbocycles. The maximum atomic E-state index is 13.0. The highest BCUT2D eigenvalue weighted by molar-refractivity contribution is 5.86. The first-order valence-electron chi connectivity index (χ1n) is 9.98. The summed E-state index contributed by atoms with van der Waals surface area (Å²) in [7, 11) is 0. The molecule has 1 saturated heterocycles. The summed E-state index contributed by atoms with van der Waals surface area (Å²) in [5.41, 5.74) is 3.15. The van der Waals surface area contributed by atoms with Crippen LogP contribution in [0.3, 0.4) is 0 Å². The number of rotatable bonds is 5. The van der Waals surface area contributed by atoms with Gasteiger partial charge in [0.2, 0.25) is 0 Å². The fourth-order valence-corrected chi connectivity index (χ4v) is 4.73. The molecule has 0 radical (unpaired) electrons. The number of fused-ring (bicyclic) bond motifs is 3. The van der Waals surface area contributed by atoms with Gasteiger partial charge in [0.05, 0.1) is 12.7 Å². The van der Waals surface area contributed by atoms with E-state index in [9.17, 15) is 14.7 Å². The molecule has 1 fully saturated rings. The third-order valence-corrected chi connectivity index (χ3v) is 6.25. The van der Waals surface area contributed by atoms with E-state index in [1.54, 1.807) is 13.8 Å². The molecule has 2 aliphatic rings. The van der Waals surface area contributed by atoms with E-state index in [2.05, 4.69) is 24.3 Å². The van der Waals surface area contributed by atoms with E-state index in [-0.39, 0.29) is 25.5 Å². The number of carbonyl (C=O) groups excluding carboxylic acids is 1. The van der Waals surface area contributed by atoms with Crippen molar-refractivity contribution in [1.82, 2.24) is 4.90 Å². The monoisotopic (exact) mass is 395 g/mol. The number of nitrogens with zero attached hydrogens (tertiary/aromatic N) is 1. The van der Waals surface area contributed by atoms with Gasteiger partial charge < -0.3 is 14.6 Å². The van der Waals surface area contributed by atoms with Gasteiger partial charge in [0.15, 0.2) is 5.54 Å². The van der Waals surface area contributed by atoms with Crippen molar-refractivity contribution in [2.75, 3.05) is 19.8 Å². The number of benzene rings is 2. The number of likely N-dealkylation sites (N-methyl/N-ethyl adjacent to an activating group) is 1. The van der Waals surface area contributed by atoms with E-state index in [0.29, 0.717) is 6.61 Å². The van der Waals surface area contributed by atoms with E-state index >= 15 is 0 Å². The Labute approximate surface area is 170 Å². The molecule has 1 amide bonds. The predicted molar refractivity (Wildman–Crippen MR) is 108 cm³/mol. The molecular weight excluding hydrogens is 370 g/mol. The minimum atomic E-state index is -1.39. The molecule has 2 aromatic rings. The summed E-state index contributed by atoms with van der Waals surface area (Å²) in [5.74, 6) is -1.12. The van der Waals surface area contributed by atoms with Crippen LogP contribution in [-0.2, 0) is 14.3 Å². The van der Waals surface area contributed by atoms with Crippen molar-refractivity contribution in [3.8, 4) is 11.1 Å². The smallest absolute Gasteiger partial charge is 0.410 e. The Morgan fingerprint density at radius 1 is 1.14 bits per heavy atom. The third-order valence-electron chi connectivity index (χ3n) is 6.25. The molecule has 0 saturated carbocycles. The first-order valence-corrected chi connectivity index (χ1v) is 9.98. The molecule has 1 heterocycles. The fourth-order valence-electron chi connectivity index (χ4n) is 4.73. The van der Waals surface area contributed by atoms with Crippen molar-refractivity contribution >= 4 is 12.1 Å². The maximum absolute atomic E-state index is 13.0. The summed E-state index contributed by atoms with van der Waals surface area (Å²) in [4.78, 5) is 26.4. The van der Waals surface area contributed by atoms with Gasteiger partial charge in [-0.2, -0.15) is 0 Å². The van der Waals surface area contributed by atoms with Gasteiger partial charge in [0.1, 0.15) is 6.61 Å². The van der Waals surface area contributed by atoms with Crippen LogP contribution in [0.5, 0.6) is 0 Å². The van der Waals surface area contributed by atoms with Crippen LogP contribution in [0.1, 0.15) is 37.3 Å². The van der Waals surface area contributed by atoms with Crippen LogP contribution in [-0.4, -0.2) is 53.5 Å². The summed E-state index contributed by atoms with van der Waals surface area (Å²) in [5, 5.41) is 9.90. The number of carboxylic acid groups (broad SMARTS) is 1. The minimum absolute atomic E-state index is 0.0666. The number of amides is 1. The van der Waals surface area contributed by atoms with Crippen LogP contribution in [0, 0.1) is 0 Å². The van der Waals surface area contributed by atoms with Crippen LogP contribution in [0.4, 0.5) is 4.79 Å². The Morgan fingerprint density at radius 3 is 2.21 bits per heavy atom. The molecule has 2 atom stereocenters. The largest absolute Gasteiger partial charge is 0.479 e. The average molecular weight is 395 g/mol. The number of ether oxygens (including phenoxy) is 2. The molecule has 0 spiro atoms. The summed E-state index contributed by atoms with van der Waals surface area (Å²) < 4.78 is 11.2. The third kappa shape index (κ3) is 2.99. The minimum Gasteiger partial charge on any atom is -0.479 e. The number of aliphatic carboxylic acids is 1. The van der Waals surface area contributed by atoms with Crippen molar-refractivity contribution < 1.29 is 24.2 Å². The van der Waals surface area contributed by atoms with Gasteiger partial charge in [-0.15, -0.1) is 0 Å². The lowest BCUT2D eigenvalue weighted by molar-refractivity contribution is -0.153. The predicted octanol–water partition coefficient (Wildman–Crippen LogP) is 3.89. The zero-order valence-electron chi connectivity index (χ0n) is 16.6. The Hall–Kier alpha value is -2.86. The van der Waals surface area contributed by atoms with Crippen molar-refractivity contribution in [2.45, 2.75) is 37.8 Å². The Kier molecular flexibility index (Phi) is 5.04. The average Bonchev–Trinajstić information content (AvgIpc) is 3.26. The lowest BCUT2D eigenvalue weighted by Gasteiger charge is -2.38. The quantitative estimate of drug-likeness (QED) is 0.831. The SMILES string of the molecule is CCN(C(=O)OCC1c2ccccc2-c2ccccc21)C1(C(=O)O)CCOC1C. The summed E-state index contributed by atoms with van der Waals surface area (Å²) in [6.45, 7) is 4.16. The second-order valence-corrected chi connectivity index (χ2v) is 7.54. The van der Waals surface area contributed by atoms with Gasteiger partial charge in [0.25, 0.3) is 0 Å². The second-order valence-electron chi connectivity index (χ2n) is 7.54. The number of carbonyl (C=O) groups is 2.